The molecule has 0 aliphatic rings. The highest BCUT2D eigenvalue weighted by molar-refractivity contribution is 7.10. The molecule has 1 aromatic rings. The van der Waals surface area contributed by atoms with E-state index in [1.165, 1.54) is 11.3 Å². The van der Waals surface area contributed by atoms with Gasteiger partial charge >= 0.3 is 5.97 Å². The molecule has 0 fully saturated rings. The molecule has 0 aliphatic heterocycles. The van der Waals surface area contributed by atoms with Crippen molar-refractivity contribution >= 4 is 23.2 Å². The van der Waals surface area contributed by atoms with Gasteiger partial charge in [0.1, 0.15) is 0 Å². The van der Waals surface area contributed by atoms with Gasteiger partial charge in [0.15, 0.2) is 0 Å². The minimum absolute atomic E-state index is 0.130. The lowest BCUT2D eigenvalue weighted by atomic mass is 9.89. The number of carboxylic acids is 1. The quantitative estimate of drug-likeness (QED) is 0.813. The van der Waals surface area contributed by atoms with Gasteiger partial charge < -0.3 is 10.4 Å². The number of rotatable bonds is 7. The molecule has 4 nitrogen and oxygen atoms in total. The molecule has 20 heavy (non-hydrogen) atoms. The van der Waals surface area contributed by atoms with E-state index in [-0.39, 0.29) is 12.5 Å². The third kappa shape index (κ3) is 4.34. The largest absolute Gasteiger partial charge is 0.481 e. The summed E-state index contributed by atoms with van der Waals surface area (Å²) in [5.74, 6) is -1.22. The van der Waals surface area contributed by atoms with E-state index in [1.807, 2.05) is 45.2 Å². The fourth-order valence-corrected chi connectivity index (χ4v) is 2.87. The van der Waals surface area contributed by atoms with Crippen LogP contribution in [0.1, 0.15) is 39.0 Å². The SMILES string of the molecule is CC(C)CC(CNC(=O)C(C)(C)c1cccs1)C(=O)O. The molecule has 0 radical (unpaired) electrons. The number of aliphatic carboxylic acids is 1. The molecule has 1 rings (SSSR count). The van der Waals surface area contributed by atoms with Gasteiger partial charge in [-0.1, -0.05) is 19.9 Å². The lowest BCUT2D eigenvalue weighted by Gasteiger charge is -2.24. The predicted molar refractivity (Wildman–Crippen MR) is 80.9 cm³/mol. The third-order valence-electron chi connectivity index (χ3n) is 3.32. The smallest absolute Gasteiger partial charge is 0.308 e. The van der Waals surface area contributed by atoms with Crippen LogP contribution in [0.5, 0.6) is 0 Å². The summed E-state index contributed by atoms with van der Waals surface area (Å²) in [5, 5.41) is 13.9. The minimum atomic E-state index is -0.854. The first-order valence-corrected chi connectivity index (χ1v) is 7.68. The van der Waals surface area contributed by atoms with Crippen LogP contribution < -0.4 is 5.32 Å². The zero-order valence-corrected chi connectivity index (χ0v) is 13.3. The van der Waals surface area contributed by atoms with Crippen molar-refractivity contribution in [3.8, 4) is 0 Å². The molecule has 0 saturated heterocycles. The normalized spacial score (nSPS) is 13.2. The lowest BCUT2D eigenvalue weighted by molar-refractivity contribution is -0.142. The molecule has 0 saturated carbocycles. The van der Waals surface area contributed by atoms with E-state index in [1.54, 1.807) is 0 Å². The Bertz CT molecular complexity index is 452. The average molecular weight is 297 g/mol. The zero-order chi connectivity index (χ0) is 15.3. The van der Waals surface area contributed by atoms with Crippen molar-refractivity contribution in [1.82, 2.24) is 5.32 Å². The summed E-state index contributed by atoms with van der Waals surface area (Å²) in [5.41, 5.74) is -0.630. The van der Waals surface area contributed by atoms with Gasteiger partial charge in [0.05, 0.1) is 11.3 Å². The van der Waals surface area contributed by atoms with Crippen LogP contribution in [0, 0.1) is 11.8 Å². The van der Waals surface area contributed by atoms with Crippen LogP contribution >= 0.6 is 11.3 Å². The lowest BCUT2D eigenvalue weighted by Crippen LogP contribution is -2.43. The van der Waals surface area contributed by atoms with Crippen LogP contribution in [-0.4, -0.2) is 23.5 Å². The Morgan fingerprint density at radius 3 is 2.50 bits per heavy atom. The van der Waals surface area contributed by atoms with E-state index in [0.29, 0.717) is 12.3 Å². The van der Waals surface area contributed by atoms with Crippen molar-refractivity contribution < 1.29 is 14.7 Å². The fourth-order valence-electron chi connectivity index (χ4n) is 2.02. The molecule has 1 heterocycles. The monoisotopic (exact) mass is 297 g/mol. The summed E-state index contributed by atoms with van der Waals surface area (Å²) < 4.78 is 0. The molecule has 0 spiro atoms. The number of carboxylic acid groups (broad SMARTS) is 1. The molecule has 0 aromatic carbocycles. The van der Waals surface area contributed by atoms with E-state index >= 15 is 0 Å². The molecule has 1 unspecified atom stereocenters. The number of hydrogen-bond acceptors (Lipinski definition) is 3. The molecule has 5 heteroatoms. The highest BCUT2D eigenvalue weighted by atomic mass is 32.1. The first kappa shape index (κ1) is 16.7. The summed E-state index contributed by atoms with van der Waals surface area (Å²) >= 11 is 1.53. The van der Waals surface area contributed by atoms with Crippen LogP contribution in [0.4, 0.5) is 0 Å². The number of amides is 1. The molecule has 112 valence electrons. The highest BCUT2D eigenvalue weighted by Crippen LogP contribution is 2.27. The van der Waals surface area contributed by atoms with Crippen molar-refractivity contribution in [2.45, 2.75) is 39.5 Å². The molecule has 1 amide bonds. The Morgan fingerprint density at radius 2 is 2.05 bits per heavy atom. The topological polar surface area (TPSA) is 66.4 Å². The number of carbonyl (C=O) groups excluding carboxylic acids is 1. The summed E-state index contributed by atoms with van der Waals surface area (Å²) in [4.78, 5) is 24.4. The maximum atomic E-state index is 12.3. The molecular formula is C15H23NO3S. The van der Waals surface area contributed by atoms with Crippen molar-refractivity contribution in [3.63, 3.8) is 0 Å². The maximum Gasteiger partial charge on any atom is 0.308 e. The van der Waals surface area contributed by atoms with Gasteiger partial charge in [-0.2, -0.15) is 0 Å². The maximum absolute atomic E-state index is 12.3. The van der Waals surface area contributed by atoms with Crippen LogP contribution in [-0.2, 0) is 15.0 Å². The number of thiophene rings is 1. The van der Waals surface area contributed by atoms with Gasteiger partial charge in [-0.05, 0) is 37.6 Å². The highest BCUT2D eigenvalue weighted by Gasteiger charge is 2.31. The van der Waals surface area contributed by atoms with E-state index in [9.17, 15) is 14.7 Å². The van der Waals surface area contributed by atoms with Gasteiger partial charge in [0.2, 0.25) is 5.91 Å². The second-order valence-electron chi connectivity index (χ2n) is 5.98. The Morgan fingerprint density at radius 1 is 1.40 bits per heavy atom. The van der Waals surface area contributed by atoms with Gasteiger partial charge in [-0.15, -0.1) is 11.3 Å². The zero-order valence-electron chi connectivity index (χ0n) is 12.5. The van der Waals surface area contributed by atoms with E-state index in [2.05, 4.69) is 5.32 Å². The Balaban J connectivity index is 2.64. The van der Waals surface area contributed by atoms with Crippen molar-refractivity contribution in [2.24, 2.45) is 11.8 Å². The summed E-state index contributed by atoms with van der Waals surface area (Å²) in [6.45, 7) is 7.85. The molecule has 1 atom stereocenters. The van der Waals surface area contributed by atoms with Crippen LogP contribution in [0.15, 0.2) is 17.5 Å². The van der Waals surface area contributed by atoms with Crippen molar-refractivity contribution in [1.29, 1.82) is 0 Å². The Labute approximate surface area is 124 Å². The Kier molecular flexibility index (Phi) is 5.74. The van der Waals surface area contributed by atoms with Crippen LogP contribution in [0.2, 0.25) is 0 Å². The summed E-state index contributed by atoms with van der Waals surface area (Å²) in [6, 6.07) is 3.83. The number of carbonyl (C=O) groups is 2. The van der Waals surface area contributed by atoms with Gasteiger partial charge in [0, 0.05) is 11.4 Å². The van der Waals surface area contributed by atoms with Crippen LogP contribution in [0.3, 0.4) is 0 Å². The second-order valence-corrected chi connectivity index (χ2v) is 6.92. The van der Waals surface area contributed by atoms with E-state index in [4.69, 9.17) is 0 Å². The fraction of sp³-hybridized carbons (Fsp3) is 0.600. The van der Waals surface area contributed by atoms with Gasteiger partial charge in [0.25, 0.3) is 0 Å². The van der Waals surface area contributed by atoms with Crippen LogP contribution in [0.25, 0.3) is 0 Å². The van der Waals surface area contributed by atoms with Crippen molar-refractivity contribution in [2.75, 3.05) is 6.54 Å². The molecule has 1 aromatic heterocycles. The molecule has 0 bridgehead atoms. The van der Waals surface area contributed by atoms with E-state index in [0.717, 1.165) is 4.88 Å². The van der Waals surface area contributed by atoms with Gasteiger partial charge in [-0.25, -0.2) is 0 Å². The van der Waals surface area contributed by atoms with Crippen molar-refractivity contribution in [3.05, 3.63) is 22.4 Å². The summed E-state index contributed by atoms with van der Waals surface area (Å²) in [7, 11) is 0. The first-order chi connectivity index (χ1) is 9.25. The average Bonchev–Trinajstić information content (AvgIpc) is 2.87. The predicted octanol–water partition coefficient (Wildman–Crippen LogP) is 2.89. The van der Waals surface area contributed by atoms with E-state index < -0.39 is 17.3 Å². The summed E-state index contributed by atoms with van der Waals surface area (Å²) in [6.07, 6.45) is 0.565. The molecule has 2 N–H and O–H groups in total. The minimum Gasteiger partial charge on any atom is -0.481 e. The van der Waals surface area contributed by atoms with Gasteiger partial charge in [-0.3, -0.25) is 9.59 Å². The first-order valence-electron chi connectivity index (χ1n) is 6.80. The second kappa shape index (κ2) is 6.88. The molecular weight excluding hydrogens is 274 g/mol. The number of nitrogens with one attached hydrogen (secondary N) is 1. The Hall–Kier alpha value is -1.36. The standard InChI is InChI=1S/C15H23NO3S/c1-10(2)8-11(13(17)18)9-16-14(19)15(3,4)12-6-5-7-20-12/h5-7,10-11H,8-9H2,1-4H3,(H,16,19)(H,17,18). The number of hydrogen-bond donors (Lipinski definition) is 2. The molecule has 0 aliphatic carbocycles. The third-order valence-corrected chi connectivity index (χ3v) is 4.51.